The van der Waals surface area contributed by atoms with Crippen molar-refractivity contribution in [1.29, 1.82) is 0 Å². The summed E-state index contributed by atoms with van der Waals surface area (Å²) in [6.07, 6.45) is 4.85. The molecule has 10 heteroatoms. The first-order chi connectivity index (χ1) is 16.9. The molecule has 0 atom stereocenters. The van der Waals surface area contributed by atoms with Crippen molar-refractivity contribution in [3.63, 3.8) is 0 Å². The van der Waals surface area contributed by atoms with Crippen LogP contribution in [-0.4, -0.2) is 31.4 Å². The second-order valence-corrected chi connectivity index (χ2v) is 8.99. The molecule has 0 aliphatic rings. The number of methoxy groups -OCH3 is 1. The zero-order valence-corrected chi connectivity index (χ0v) is 19.5. The van der Waals surface area contributed by atoms with Gasteiger partial charge in [-0.25, -0.2) is 13.4 Å². The molecule has 0 unspecified atom stereocenters. The maximum Gasteiger partial charge on any atom is 0.261 e. The Hall–Kier alpha value is -4.44. The SMILES string of the molecule is COc1ccc(NS(=O)(=O)c2cccc(C(=O)Nc3ncccc3OCc3ccncc3)c2)cc1. The van der Waals surface area contributed by atoms with E-state index in [2.05, 4.69) is 20.0 Å². The molecule has 2 aromatic heterocycles. The van der Waals surface area contributed by atoms with Crippen LogP contribution in [0.4, 0.5) is 11.5 Å². The summed E-state index contributed by atoms with van der Waals surface area (Å²) in [6, 6.07) is 19.2. The first kappa shape index (κ1) is 23.7. The van der Waals surface area contributed by atoms with Crippen molar-refractivity contribution in [2.75, 3.05) is 17.1 Å². The molecule has 1 amide bonds. The minimum atomic E-state index is -3.93. The molecular formula is C25H22N4O5S. The van der Waals surface area contributed by atoms with Gasteiger partial charge in [0.25, 0.3) is 15.9 Å². The Balaban J connectivity index is 1.48. The number of aromatic nitrogens is 2. The molecule has 9 nitrogen and oxygen atoms in total. The molecule has 178 valence electrons. The molecule has 35 heavy (non-hydrogen) atoms. The zero-order valence-electron chi connectivity index (χ0n) is 18.7. The smallest absolute Gasteiger partial charge is 0.261 e. The van der Waals surface area contributed by atoms with E-state index < -0.39 is 15.9 Å². The summed E-state index contributed by atoms with van der Waals surface area (Å²) < 4.78 is 39.1. The number of nitrogens with one attached hydrogen (secondary N) is 2. The van der Waals surface area contributed by atoms with Crippen molar-refractivity contribution in [2.24, 2.45) is 0 Å². The van der Waals surface area contributed by atoms with Gasteiger partial charge in [-0.05, 0) is 72.3 Å². The lowest BCUT2D eigenvalue weighted by Crippen LogP contribution is -2.17. The number of rotatable bonds is 9. The van der Waals surface area contributed by atoms with Crippen molar-refractivity contribution >= 4 is 27.4 Å². The molecule has 0 bridgehead atoms. The number of pyridine rings is 2. The molecule has 2 heterocycles. The van der Waals surface area contributed by atoms with E-state index in [1.54, 1.807) is 48.8 Å². The van der Waals surface area contributed by atoms with Crippen LogP contribution in [-0.2, 0) is 16.6 Å². The number of benzene rings is 2. The quantitative estimate of drug-likeness (QED) is 0.362. The fourth-order valence-electron chi connectivity index (χ4n) is 3.10. The van der Waals surface area contributed by atoms with Gasteiger partial charge in [0.2, 0.25) is 0 Å². The predicted molar refractivity (Wildman–Crippen MR) is 131 cm³/mol. The molecule has 0 radical (unpaired) electrons. The normalized spacial score (nSPS) is 10.9. The maximum absolute atomic E-state index is 12.9. The van der Waals surface area contributed by atoms with E-state index in [9.17, 15) is 13.2 Å². The summed E-state index contributed by atoms with van der Waals surface area (Å²) in [6.45, 7) is 0.266. The second-order valence-electron chi connectivity index (χ2n) is 7.31. The van der Waals surface area contributed by atoms with Gasteiger partial charge in [-0.15, -0.1) is 0 Å². The molecule has 0 fully saturated rings. The third-order valence-corrected chi connectivity index (χ3v) is 6.27. The first-order valence-electron chi connectivity index (χ1n) is 10.5. The summed E-state index contributed by atoms with van der Waals surface area (Å²) in [4.78, 5) is 21.0. The van der Waals surface area contributed by atoms with Crippen LogP contribution in [0, 0.1) is 0 Å². The van der Waals surface area contributed by atoms with Crippen LogP contribution in [0.25, 0.3) is 0 Å². The highest BCUT2D eigenvalue weighted by atomic mass is 32.2. The van der Waals surface area contributed by atoms with Crippen LogP contribution in [0.3, 0.4) is 0 Å². The van der Waals surface area contributed by atoms with E-state index in [-0.39, 0.29) is 22.9 Å². The summed E-state index contributed by atoms with van der Waals surface area (Å²) in [5, 5.41) is 2.69. The lowest BCUT2D eigenvalue weighted by molar-refractivity contribution is 0.102. The lowest BCUT2D eigenvalue weighted by Gasteiger charge is -2.12. The van der Waals surface area contributed by atoms with E-state index in [4.69, 9.17) is 9.47 Å². The van der Waals surface area contributed by atoms with Crippen molar-refractivity contribution in [3.05, 3.63) is 103 Å². The number of sulfonamides is 1. The molecule has 0 aliphatic carbocycles. The average Bonchev–Trinajstić information content (AvgIpc) is 2.89. The van der Waals surface area contributed by atoms with E-state index in [0.29, 0.717) is 17.2 Å². The average molecular weight is 491 g/mol. The minimum absolute atomic E-state index is 0.0591. The number of nitrogens with zero attached hydrogens (tertiary/aromatic N) is 2. The number of ether oxygens (including phenoxy) is 2. The number of carbonyl (C=O) groups excluding carboxylic acids is 1. The first-order valence-corrected chi connectivity index (χ1v) is 12.0. The van der Waals surface area contributed by atoms with Crippen LogP contribution < -0.4 is 19.5 Å². The highest BCUT2D eigenvalue weighted by Gasteiger charge is 2.18. The fraction of sp³-hybridized carbons (Fsp3) is 0.0800. The molecule has 2 N–H and O–H groups in total. The van der Waals surface area contributed by atoms with Gasteiger partial charge in [-0.1, -0.05) is 6.07 Å². The van der Waals surface area contributed by atoms with Crippen LogP contribution in [0.5, 0.6) is 11.5 Å². The third kappa shape index (κ3) is 6.12. The molecule has 4 rings (SSSR count). The van der Waals surface area contributed by atoms with Crippen molar-refractivity contribution in [3.8, 4) is 11.5 Å². The van der Waals surface area contributed by atoms with Gasteiger partial charge in [0.1, 0.15) is 12.4 Å². The third-order valence-electron chi connectivity index (χ3n) is 4.90. The molecule has 0 saturated heterocycles. The largest absolute Gasteiger partial charge is 0.497 e. The molecule has 0 spiro atoms. The highest BCUT2D eigenvalue weighted by molar-refractivity contribution is 7.92. The summed E-state index contributed by atoms with van der Waals surface area (Å²) >= 11 is 0. The Morgan fingerprint density at radius 1 is 0.943 bits per heavy atom. The van der Waals surface area contributed by atoms with Gasteiger partial charge in [0.05, 0.1) is 12.0 Å². The van der Waals surface area contributed by atoms with Crippen molar-refractivity contribution in [1.82, 2.24) is 9.97 Å². The maximum atomic E-state index is 12.9. The van der Waals surface area contributed by atoms with Gasteiger partial charge in [-0.3, -0.25) is 14.5 Å². The summed E-state index contributed by atoms with van der Waals surface area (Å²) in [5.41, 5.74) is 1.42. The molecule has 0 aliphatic heterocycles. The Kier molecular flexibility index (Phi) is 7.22. The monoisotopic (exact) mass is 490 g/mol. The summed E-state index contributed by atoms with van der Waals surface area (Å²) in [7, 11) is -2.40. The zero-order chi connectivity index (χ0) is 24.7. The molecule has 2 aromatic carbocycles. The Morgan fingerprint density at radius 2 is 1.71 bits per heavy atom. The number of anilines is 2. The Labute approximate surface area is 202 Å². The molecule has 0 saturated carbocycles. The fourth-order valence-corrected chi connectivity index (χ4v) is 4.20. The number of hydrogen-bond acceptors (Lipinski definition) is 7. The van der Waals surface area contributed by atoms with E-state index in [0.717, 1.165) is 5.56 Å². The Bertz CT molecular complexity index is 1410. The van der Waals surface area contributed by atoms with Gasteiger partial charge in [0.15, 0.2) is 11.6 Å². The van der Waals surface area contributed by atoms with Crippen molar-refractivity contribution < 1.29 is 22.7 Å². The van der Waals surface area contributed by atoms with Gasteiger partial charge >= 0.3 is 0 Å². The number of carbonyl (C=O) groups is 1. The van der Waals surface area contributed by atoms with Crippen LogP contribution in [0.1, 0.15) is 15.9 Å². The lowest BCUT2D eigenvalue weighted by atomic mass is 10.2. The van der Waals surface area contributed by atoms with E-state index in [1.807, 2.05) is 12.1 Å². The van der Waals surface area contributed by atoms with Crippen LogP contribution >= 0.6 is 0 Å². The minimum Gasteiger partial charge on any atom is -0.497 e. The second kappa shape index (κ2) is 10.7. The highest BCUT2D eigenvalue weighted by Crippen LogP contribution is 2.24. The molecular weight excluding hydrogens is 468 g/mol. The van der Waals surface area contributed by atoms with Gasteiger partial charge < -0.3 is 14.8 Å². The Morgan fingerprint density at radius 3 is 2.46 bits per heavy atom. The van der Waals surface area contributed by atoms with E-state index in [1.165, 1.54) is 37.6 Å². The van der Waals surface area contributed by atoms with Gasteiger partial charge in [-0.2, -0.15) is 0 Å². The predicted octanol–water partition coefficient (Wildman–Crippen LogP) is 4.12. The number of hydrogen-bond donors (Lipinski definition) is 2. The number of amides is 1. The van der Waals surface area contributed by atoms with Crippen molar-refractivity contribution in [2.45, 2.75) is 11.5 Å². The topological polar surface area (TPSA) is 120 Å². The molecule has 4 aromatic rings. The van der Waals surface area contributed by atoms with Crippen LogP contribution in [0.2, 0.25) is 0 Å². The van der Waals surface area contributed by atoms with Gasteiger partial charge in [0, 0.05) is 29.8 Å². The van der Waals surface area contributed by atoms with E-state index >= 15 is 0 Å². The van der Waals surface area contributed by atoms with Crippen LogP contribution in [0.15, 0.2) is 96.3 Å². The standard InChI is InChI=1S/C25H22N4O5S/c1-33-21-9-7-20(8-10-21)29-35(31,32)22-5-2-4-19(16-22)25(30)28-24-23(6-3-13-27-24)34-17-18-11-14-26-15-12-18/h2-16,29H,17H2,1H3,(H,27,28,30). The summed E-state index contributed by atoms with van der Waals surface area (Å²) in [5.74, 6) is 0.669.